The first-order valence-electron chi connectivity index (χ1n) is 7.15. The van der Waals surface area contributed by atoms with Crippen molar-refractivity contribution < 1.29 is 5.11 Å². The number of likely N-dealkylation sites (tertiary alicyclic amines) is 1. The summed E-state index contributed by atoms with van der Waals surface area (Å²) in [4.78, 5) is 4.78. The maximum absolute atomic E-state index is 10.2. The molecule has 3 heteroatoms. The minimum Gasteiger partial charge on any atom is -0.391 e. The number of hydrogen-bond acceptors (Lipinski definition) is 3. The van der Waals surface area contributed by atoms with E-state index in [-0.39, 0.29) is 6.10 Å². The molecule has 0 bridgehead atoms. The molecule has 1 aliphatic rings. The Hall–Kier alpha value is -0.120. The largest absolute Gasteiger partial charge is 0.391 e. The molecule has 1 N–H and O–H groups in total. The van der Waals surface area contributed by atoms with Gasteiger partial charge in [0.25, 0.3) is 0 Å². The molecule has 0 amide bonds. The van der Waals surface area contributed by atoms with E-state index in [1.54, 1.807) is 0 Å². The monoisotopic (exact) mass is 242 g/mol. The maximum Gasteiger partial charge on any atom is 0.0695 e. The van der Waals surface area contributed by atoms with Gasteiger partial charge in [-0.1, -0.05) is 20.3 Å². The van der Waals surface area contributed by atoms with Gasteiger partial charge in [-0.3, -0.25) is 0 Å². The van der Waals surface area contributed by atoms with Crippen molar-refractivity contribution >= 4 is 0 Å². The van der Waals surface area contributed by atoms with Crippen LogP contribution in [0.5, 0.6) is 0 Å². The first-order valence-corrected chi connectivity index (χ1v) is 7.15. The van der Waals surface area contributed by atoms with Crippen LogP contribution in [0.2, 0.25) is 0 Å². The second-order valence-electron chi connectivity index (χ2n) is 5.69. The molecule has 3 unspecified atom stereocenters. The highest BCUT2D eigenvalue weighted by Crippen LogP contribution is 2.19. The van der Waals surface area contributed by atoms with Crippen molar-refractivity contribution in [1.29, 1.82) is 0 Å². The molecule has 0 aromatic rings. The zero-order valence-electron chi connectivity index (χ0n) is 12.0. The van der Waals surface area contributed by atoms with Crippen LogP contribution < -0.4 is 0 Å². The summed E-state index contributed by atoms with van der Waals surface area (Å²) in [6.45, 7) is 7.89. The standard InChI is InChI=1S/C14H30N2O/c1-5-7-14(17)13(6-2)16(4)11-12-8-9-15(3)10-12/h12-14,17H,5-11H2,1-4H3. The van der Waals surface area contributed by atoms with Crippen molar-refractivity contribution in [3.63, 3.8) is 0 Å². The van der Waals surface area contributed by atoms with E-state index < -0.39 is 0 Å². The lowest BCUT2D eigenvalue weighted by molar-refractivity contribution is 0.0474. The van der Waals surface area contributed by atoms with Gasteiger partial charge < -0.3 is 14.9 Å². The van der Waals surface area contributed by atoms with Crippen LogP contribution in [0.3, 0.4) is 0 Å². The SMILES string of the molecule is CCCC(O)C(CC)N(C)CC1CCN(C)C1. The van der Waals surface area contributed by atoms with Crippen LogP contribution in [0.25, 0.3) is 0 Å². The molecule has 0 aliphatic carbocycles. The minimum atomic E-state index is -0.158. The molecule has 0 spiro atoms. The molecule has 17 heavy (non-hydrogen) atoms. The van der Waals surface area contributed by atoms with Crippen LogP contribution in [-0.4, -0.2) is 60.8 Å². The van der Waals surface area contributed by atoms with E-state index in [2.05, 4.69) is 37.7 Å². The van der Waals surface area contributed by atoms with E-state index in [0.29, 0.717) is 6.04 Å². The van der Waals surface area contributed by atoms with E-state index >= 15 is 0 Å². The fourth-order valence-corrected chi connectivity index (χ4v) is 3.08. The topological polar surface area (TPSA) is 26.7 Å². The normalized spacial score (nSPS) is 25.4. The number of hydrogen-bond donors (Lipinski definition) is 1. The molecule has 0 saturated carbocycles. The van der Waals surface area contributed by atoms with Crippen molar-refractivity contribution in [3.05, 3.63) is 0 Å². The predicted octanol–water partition coefficient (Wildman–Crippen LogP) is 1.81. The highest BCUT2D eigenvalue weighted by atomic mass is 16.3. The van der Waals surface area contributed by atoms with Crippen LogP contribution in [0.15, 0.2) is 0 Å². The molecule has 1 aliphatic heterocycles. The number of aliphatic hydroxyl groups excluding tert-OH is 1. The van der Waals surface area contributed by atoms with Crippen molar-refractivity contribution in [2.24, 2.45) is 5.92 Å². The highest BCUT2D eigenvalue weighted by Gasteiger charge is 2.26. The maximum atomic E-state index is 10.2. The summed E-state index contributed by atoms with van der Waals surface area (Å²) < 4.78 is 0. The van der Waals surface area contributed by atoms with Gasteiger partial charge in [-0.15, -0.1) is 0 Å². The molecular formula is C14H30N2O. The number of rotatable bonds is 7. The molecule has 0 aromatic carbocycles. The van der Waals surface area contributed by atoms with Crippen LogP contribution in [-0.2, 0) is 0 Å². The Kier molecular flexibility index (Phi) is 6.45. The Bertz CT molecular complexity index is 210. The van der Waals surface area contributed by atoms with E-state index in [0.717, 1.165) is 31.7 Å². The molecule has 3 nitrogen and oxygen atoms in total. The van der Waals surface area contributed by atoms with Crippen LogP contribution in [0.4, 0.5) is 0 Å². The Labute approximate surface area is 107 Å². The number of aliphatic hydroxyl groups is 1. The van der Waals surface area contributed by atoms with Gasteiger partial charge in [0.15, 0.2) is 0 Å². The smallest absolute Gasteiger partial charge is 0.0695 e. The Morgan fingerprint density at radius 2 is 2.12 bits per heavy atom. The van der Waals surface area contributed by atoms with Crippen molar-refractivity contribution in [3.8, 4) is 0 Å². The van der Waals surface area contributed by atoms with Gasteiger partial charge in [0.1, 0.15) is 0 Å². The van der Waals surface area contributed by atoms with Gasteiger partial charge in [0.05, 0.1) is 6.10 Å². The summed E-state index contributed by atoms with van der Waals surface area (Å²) in [7, 11) is 4.37. The lowest BCUT2D eigenvalue weighted by atomic mass is 10.0. The van der Waals surface area contributed by atoms with Crippen LogP contribution >= 0.6 is 0 Å². The molecule has 1 rings (SSSR count). The summed E-state index contributed by atoms with van der Waals surface area (Å²) in [6, 6.07) is 0.334. The van der Waals surface area contributed by atoms with Crippen LogP contribution in [0, 0.1) is 5.92 Å². The van der Waals surface area contributed by atoms with E-state index in [4.69, 9.17) is 0 Å². The van der Waals surface area contributed by atoms with Crippen molar-refractivity contribution in [2.75, 3.05) is 33.7 Å². The second kappa shape index (κ2) is 7.34. The molecule has 1 fully saturated rings. The lowest BCUT2D eigenvalue weighted by Gasteiger charge is -2.32. The summed E-state index contributed by atoms with van der Waals surface area (Å²) >= 11 is 0. The van der Waals surface area contributed by atoms with Crippen molar-refractivity contribution in [2.45, 2.75) is 51.7 Å². The Morgan fingerprint density at radius 3 is 2.59 bits per heavy atom. The number of nitrogens with zero attached hydrogens (tertiary/aromatic N) is 2. The third-order valence-corrected chi connectivity index (χ3v) is 4.05. The van der Waals surface area contributed by atoms with Crippen LogP contribution in [0.1, 0.15) is 39.5 Å². The number of likely N-dealkylation sites (N-methyl/N-ethyl adjacent to an activating group) is 1. The van der Waals surface area contributed by atoms with Gasteiger partial charge in [0.2, 0.25) is 0 Å². The molecule has 3 atom stereocenters. The minimum absolute atomic E-state index is 0.158. The Morgan fingerprint density at radius 1 is 1.41 bits per heavy atom. The first-order chi connectivity index (χ1) is 8.08. The zero-order chi connectivity index (χ0) is 12.8. The molecule has 102 valence electrons. The molecule has 1 heterocycles. The highest BCUT2D eigenvalue weighted by molar-refractivity contribution is 4.81. The molecule has 1 saturated heterocycles. The quantitative estimate of drug-likeness (QED) is 0.737. The first kappa shape index (κ1) is 14.9. The predicted molar refractivity (Wildman–Crippen MR) is 73.2 cm³/mol. The fourth-order valence-electron chi connectivity index (χ4n) is 3.08. The molecular weight excluding hydrogens is 212 g/mol. The van der Waals surface area contributed by atoms with Crippen molar-refractivity contribution in [1.82, 2.24) is 9.80 Å². The van der Waals surface area contributed by atoms with E-state index in [1.165, 1.54) is 19.5 Å². The third-order valence-electron chi connectivity index (χ3n) is 4.05. The third kappa shape index (κ3) is 4.57. The second-order valence-corrected chi connectivity index (χ2v) is 5.69. The van der Waals surface area contributed by atoms with Gasteiger partial charge in [0, 0.05) is 19.1 Å². The fraction of sp³-hybridized carbons (Fsp3) is 1.00. The summed E-state index contributed by atoms with van der Waals surface area (Å²) in [6.07, 6.45) is 4.18. The average Bonchev–Trinajstić information content (AvgIpc) is 2.65. The lowest BCUT2D eigenvalue weighted by Crippen LogP contribution is -2.43. The van der Waals surface area contributed by atoms with E-state index in [1.807, 2.05) is 0 Å². The summed E-state index contributed by atoms with van der Waals surface area (Å²) in [5.74, 6) is 0.785. The zero-order valence-corrected chi connectivity index (χ0v) is 12.0. The molecule has 0 radical (unpaired) electrons. The summed E-state index contributed by atoms with van der Waals surface area (Å²) in [5.41, 5.74) is 0. The van der Waals surface area contributed by atoms with Gasteiger partial charge in [-0.2, -0.15) is 0 Å². The van der Waals surface area contributed by atoms with E-state index in [9.17, 15) is 5.11 Å². The molecule has 0 aromatic heterocycles. The summed E-state index contributed by atoms with van der Waals surface area (Å²) in [5, 5.41) is 10.2. The van der Waals surface area contributed by atoms with Gasteiger partial charge >= 0.3 is 0 Å². The Balaban J connectivity index is 2.40. The average molecular weight is 242 g/mol. The van der Waals surface area contributed by atoms with Gasteiger partial charge in [-0.05, 0) is 45.8 Å². The van der Waals surface area contributed by atoms with Gasteiger partial charge in [-0.25, -0.2) is 0 Å².